The molecule has 6 heteroatoms. The molecule has 0 atom stereocenters. The zero-order valence-electron chi connectivity index (χ0n) is 16.9. The minimum absolute atomic E-state index is 0.0727. The summed E-state index contributed by atoms with van der Waals surface area (Å²) in [6.07, 6.45) is 3.65. The molecule has 1 fully saturated rings. The number of thiophene rings is 1. The first kappa shape index (κ1) is 18.9. The number of carbonyl (C=O) groups is 1. The number of fused-ring (bicyclic) bond motifs is 1. The van der Waals surface area contributed by atoms with Crippen molar-refractivity contribution in [1.82, 2.24) is 9.97 Å². The molecule has 0 bridgehead atoms. The Morgan fingerprint density at radius 1 is 1.07 bits per heavy atom. The summed E-state index contributed by atoms with van der Waals surface area (Å²) >= 11 is 1.46. The first-order valence-electron chi connectivity index (χ1n) is 9.85. The first-order valence-corrected chi connectivity index (χ1v) is 10.7. The van der Waals surface area contributed by atoms with Gasteiger partial charge >= 0.3 is 0 Å². The van der Waals surface area contributed by atoms with E-state index in [1.807, 2.05) is 39.8 Å². The summed E-state index contributed by atoms with van der Waals surface area (Å²) in [4.78, 5) is 26.4. The molecule has 0 aliphatic carbocycles. The number of anilines is 2. The van der Waals surface area contributed by atoms with Gasteiger partial charge in [-0.25, -0.2) is 9.97 Å². The van der Waals surface area contributed by atoms with Crippen LogP contribution in [0.5, 0.6) is 0 Å². The average molecular weight is 395 g/mol. The fourth-order valence-electron chi connectivity index (χ4n) is 3.82. The van der Waals surface area contributed by atoms with E-state index in [-0.39, 0.29) is 5.91 Å². The molecule has 1 aromatic carbocycles. The van der Waals surface area contributed by atoms with Crippen molar-refractivity contribution >= 4 is 39.0 Å². The predicted molar refractivity (Wildman–Crippen MR) is 117 cm³/mol. The molecule has 2 aromatic heterocycles. The molecule has 146 valence electrons. The molecule has 0 unspecified atom stereocenters. The number of amides is 1. The summed E-state index contributed by atoms with van der Waals surface area (Å²) in [6, 6.07) is 6.10. The van der Waals surface area contributed by atoms with Gasteiger partial charge in [-0.2, -0.15) is 0 Å². The highest BCUT2D eigenvalue weighted by Crippen LogP contribution is 2.36. The Kier molecular flexibility index (Phi) is 5.06. The maximum atomic E-state index is 13.1. The molecule has 1 N–H and O–H groups in total. The third kappa shape index (κ3) is 3.49. The second-order valence-electron chi connectivity index (χ2n) is 7.65. The Morgan fingerprint density at radius 3 is 2.57 bits per heavy atom. The van der Waals surface area contributed by atoms with Crippen molar-refractivity contribution in [3.05, 3.63) is 45.6 Å². The molecule has 28 heavy (non-hydrogen) atoms. The predicted octanol–water partition coefficient (Wildman–Crippen LogP) is 5.17. The molecule has 3 heterocycles. The van der Waals surface area contributed by atoms with E-state index in [9.17, 15) is 4.79 Å². The zero-order chi connectivity index (χ0) is 19.8. The van der Waals surface area contributed by atoms with Gasteiger partial charge in [-0.1, -0.05) is 12.1 Å². The Morgan fingerprint density at radius 2 is 1.82 bits per heavy atom. The van der Waals surface area contributed by atoms with Crippen LogP contribution in [0.2, 0.25) is 0 Å². The van der Waals surface area contributed by atoms with Gasteiger partial charge in [-0.15, -0.1) is 11.3 Å². The number of hydrogen-bond donors (Lipinski definition) is 1. The Balaban J connectivity index is 1.75. The van der Waals surface area contributed by atoms with Crippen molar-refractivity contribution in [3.63, 3.8) is 0 Å². The molecule has 4 rings (SSSR count). The molecule has 0 saturated carbocycles. The lowest BCUT2D eigenvalue weighted by Crippen LogP contribution is -2.30. The van der Waals surface area contributed by atoms with Crippen LogP contribution in [0.25, 0.3) is 10.2 Å². The van der Waals surface area contributed by atoms with Gasteiger partial charge in [-0.05, 0) is 69.7 Å². The van der Waals surface area contributed by atoms with Crippen LogP contribution in [0.3, 0.4) is 0 Å². The monoisotopic (exact) mass is 394 g/mol. The van der Waals surface area contributed by atoms with Gasteiger partial charge in [0, 0.05) is 18.8 Å². The lowest BCUT2D eigenvalue weighted by Gasteiger charge is -2.28. The number of rotatable bonds is 3. The van der Waals surface area contributed by atoms with Crippen molar-refractivity contribution in [2.75, 3.05) is 23.3 Å². The maximum Gasteiger partial charge on any atom is 0.266 e. The van der Waals surface area contributed by atoms with Crippen molar-refractivity contribution in [3.8, 4) is 0 Å². The molecular formula is C22H26N4OS. The largest absolute Gasteiger partial charge is 0.356 e. The van der Waals surface area contributed by atoms with Crippen molar-refractivity contribution < 1.29 is 4.79 Å². The van der Waals surface area contributed by atoms with Gasteiger partial charge in [0.2, 0.25) is 0 Å². The summed E-state index contributed by atoms with van der Waals surface area (Å²) in [7, 11) is 0. The van der Waals surface area contributed by atoms with Gasteiger partial charge < -0.3 is 10.2 Å². The van der Waals surface area contributed by atoms with Crippen LogP contribution in [0, 0.1) is 27.7 Å². The second kappa shape index (κ2) is 7.51. The van der Waals surface area contributed by atoms with E-state index >= 15 is 0 Å². The van der Waals surface area contributed by atoms with Gasteiger partial charge in [0.1, 0.15) is 16.5 Å². The quantitative estimate of drug-likeness (QED) is 0.666. The molecule has 1 aliphatic heterocycles. The van der Waals surface area contributed by atoms with Crippen LogP contribution in [0.15, 0.2) is 18.2 Å². The summed E-state index contributed by atoms with van der Waals surface area (Å²) in [5.74, 6) is 1.67. The molecule has 1 saturated heterocycles. The lowest BCUT2D eigenvalue weighted by atomic mass is 10.1. The second-order valence-corrected chi connectivity index (χ2v) is 8.65. The lowest BCUT2D eigenvalue weighted by molar-refractivity contribution is 0.103. The van der Waals surface area contributed by atoms with Crippen LogP contribution in [0.4, 0.5) is 11.5 Å². The van der Waals surface area contributed by atoms with Crippen molar-refractivity contribution in [2.45, 2.75) is 47.0 Å². The van der Waals surface area contributed by atoms with Gasteiger partial charge in [0.05, 0.1) is 10.3 Å². The van der Waals surface area contributed by atoms with Crippen molar-refractivity contribution in [1.29, 1.82) is 0 Å². The molecular weight excluding hydrogens is 368 g/mol. The van der Waals surface area contributed by atoms with Crippen LogP contribution in [0.1, 0.15) is 51.4 Å². The average Bonchev–Trinajstić information content (AvgIpc) is 3.01. The first-order chi connectivity index (χ1) is 13.4. The van der Waals surface area contributed by atoms with Gasteiger partial charge in [0.25, 0.3) is 5.91 Å². The molecule has 1 aliphatic rings. The van der Waals surface area contributed by atoms with E-state index in [0.717, 1.165) is 57.3 Å². The topological polar surface area (TPSA) is 58.1 Å². The third-order valence-electron chi connectivity index (χ3n) is 5.39. The number of carbonyl (C=O) groups excluding carboxylic acids is 1. The Hall–Kier alpha value is -2.47. The minimum Gasteiger partial charge on any atom is -0.356 e. The maximum absolute atomic E-state index is 13.1. The van der Waals surface area contributed by atoms with Crippen LogP contribution >= 0.6 is 11.3 Å². The molecule has 0 radical (unpaired) electrons. The molecule has 5 nitrogen and oxygen atoms in total. The zero-order valence-corrected chi connectivity index (χ0v) is 17.7. The number of hydrogen-bond acceptors (Lipinski definition) is 5. The van der Waals surface area contributed by atoms with E-state index in [0.29, 0.717) is 4.88 Å². The number of nitrogens with one attached hydrogen (secondary N) is 1. The van der Waals surface area contributed by atoms with E-state index in [4.69, 9.17) is 4.98 Å². The summed E-state index contributed by atoms with van der Waals surface area (Å²) in [5.41, 5.74) is 4.02. The summed E-state index contributed by atoms with van der Waals surface area (Å²) < 4.78 is 0. The van der Waals surface area contributed by atoms with Crippen LogP contribution < -0.4 is 10.2 Å². The molecule has 0 spiro atoms. The highest BCUT2D eigenvalue weighted by atomic mass is 32.1. The standard InChI is InChI=1S/C22H26N4OS/c1-13-8-9-14(2)17(12-13)25-21(27)19-15(3)18-20(26-10-6-5-7-11-26)23-16(4)24-22(18)28-19/h8-9,12H,5-7,10-11H2,1-4H3,(H,25,27). The SMILES string of the molecule is Cc1ccc(C)c(NC(=O)c2sc3nc(C)nc(N4CCCCC4)c3c2C)c1. The smallest absolute Gasteiger partial charge is 0.266 e. The summed E-state index contributed by atoms with van der Waals surface area (Å²) in [6.45, 7) is 10.0. The fraction of sp³-hybridized carbons (Fsp3) is 0.409. The molecule has 1 amide bonds. The summed E-state index contributed by atoms with van der Waals surface area (Å²) in [5, 5.41) is 4.12. The number of aryl methyl sites for hydroxylation is 4. The Bertz CT molecular complexity index is 1050. The third-order valence-corrected chi connectivity index (χ3v) is 6.57. The number of piperidine rings is 1. The van der Waals surface area contributed by atoms with Gasteiger partial charge in [0.15, 0.2) is 0 Å². The number of nitrogens with zero attached hydrogens (tertiary/aromatic N) is 3. The van der Waals surface area contributed by atoms with E-state index in [1.165, 1.54) is 30.6 Å². The normalized spacial score (nSPS) is 14.5. The number of aromatic nitrogens is 2. The van der Waals surface area contributed by atoms with E-state index in [2.05, 4.69) is 21.3 Å². The van der Waals surface area contributed by atoms with Crippen molar-refractivity contribution in [2.24, 2.45) is 0 Å². The fourth-order valence-corrected chi connectivity index (χ4v) is 4.94. The van der Waals surface area contributed by atoms with Crippen LogP contribution in [-0.2, 0) is 0 Å². The highest BCUT2D eigenvalue weighted by molar-refractivity contribution is 7.20. The van der Waals surface area contributed by atoms with Gasteiger partial charge in [-0.3, -0.25) is 4.79 Å². The number of benzene rings is 1. The highest BCUT2D eigenvalue weighted by Gasteiger charge is 2.24. The van der Waals surface area contributed by atoms with E-state index in [1.54, 1.807) is 0 Å². The van der Waals surface area contributed by atoms with Crippen LogP contribution in [-0.4, -0.2) is 29.0 Å². The Labute approximate surface area is 169 Å². The minimum atomic E-state index is -0.0727. The molecule has 3 aromatic rings. The van der Waals surface area contributed by atoms with E-state index < -0.39 is 0 Å².